The summed E-state index contributed by atoms with van der Waals surface area (Å²) in [5.74, 6) is 0.234. The minimum absolute atomic E-state index is 0.0629. The van der Waals surface area contributed by atoms with E-state index in [1.165, 1.54) is 12.1 Å². The van der Waals surface area contributed by atoms with Crippen LogP contribution in [0.4, 0.5) is 17.1 Å². The first-order valence-electron chi connectivity index (χ1n) is 6.48. The fourth-order valence-corrected chi connectivity index (χ4v) is 2.60. The molecule has 1 fully saturated rings. The molecule has 0 radical (unpaired) electrons. The predicted molar refractivity (Wildman–Crippen MR) is 74.5 cm³/mol. The minimum atomic E-state index is -0.399. The molecule has 2 rings (SSSR count). The average molecular weight is 265 g/mol. The number of nitro groups is 1. The van der Waals surface area contributed by atoms with Gasteiger partial charge in [-0.25, -0.2) is 0 Å². The minimum Gasteiger partial charge on any atom is -0.396 e. The van der Waals surface area contributed by atoms with Gasteiger partial charge in [-0.05, 0) is 18.9 Å². The van der Waals surface area contributed by atoms with Crippen molar-refractivity contribution >= 4 is 17.1 Å². The van der Waals surface area contributed by atoms with Crippen LogP contribution in [-0.4, -0.2) is 29.7 Å². The van der Waals surface area contributed by atoms with Crippen LogP contribution in [0, 0.1) is 16.0 Å². The standard InChI is InChI=1S/C13H19N3O3/c1-14-10-5-11(7-12(6-10)16(18)19)15-13-4-2-3-9(13)8-17/h5-7,9,13-15,17H,2-4,8H2,1H3. The Kier molecular flexibility index (Phi) is 4.21. The molecule has 6 heteroatoms. The molecular formula is C13H19N3O3. The third-order valence-corrected chi connectivity index (χ3v) is 3.66. The SMILES string of the molecule is CNc1cc(NC2CCCC2CO)cc([N+](=O)[O-])c1. The van der Waals surface area contributed by atoms with Crippen LogP contribution >= 0.6 is 0 Å². The number of benzene rings is 1. The van der Waals surface area contributed by atoms with E-state index in [1.807, 2.05) is 6.07 Å². The summed E-state index contributed by atoms with van der Waals surface area (Å²) >= 11 is 0. The Hall–Kier alpha value is -1.82. The number of anilines is 2. The van der Waals surface area contributed by atoms with Crippen LogP contribution in [0.5, 0.6) is 0 Å². The number of nitrogens with zero attached hydrogens (tertiary/aromatic N) is 1. The highest BCUT2D eigenvalue weighted by Gasteiger charge is 2.26. The van der Waals surface area contributed by atoms with Gasteiger partial charge in [-0.3, -0.25) is 10.1 Å². The lowest BCUT2D eigenvalue weighted by atomic mass is 10.0. The van der Waals surface area contributed by atoms with Crippen LogP contribution in [0.2, 0.25) is 0 Å². The zero-order chi connectivity index (χ0) is 13.8. The van der Waals surface area contributed by atoms with E-state index < -0.39 is 4.92 Å². The van der Waals surface area contributed by atoms with Crippen molar-refractivity contribution < 1.29 is 10.0 Å². The normalized spacial score (nSPS) is 22.2. The monoisotopic (exact) mass is 265 g/mol. The molecule has 0 amide bonds. The first kappa shape index (κ1) is 13.6. The van der Waals surface area contributed by atoms with Gasteiger partial charge in [0.2, 0.25) is 0 Å². The molecule has 0 saturated heterocycles. The molecule has 1 aliphatic rings. The van der Waals surface area contributed by atoms with Crippen LogP contribution in [-0.2, 0) is 0 Å². The zero-order valence-corrected chi connectivity index (χ0v) is 10.9. The zero-order valence-electron chi connectivity index (χ0n) is 10.9. The van der Waals surface area contributed by atoms with E-state index in [2.05, 4.69) is 10.6 Å². The molecule has 0 spiro atoms. The summed E-state index contributed by atoms with van der Waals surface area (Å²) in [7, 11) is 1.73. The van der Waals surface area contributed by atoms with E-state index in [4.69, 9.17) is 0 Å². The summed E-state index contributed by atoms with van der Waals surface area (Å²) in [6.07, 6.45) is 3.07. The molecule has 3 N–H and O–H groups in total. The first-order valence-corrected chi connectivity index (χ1v) is 6.48. The highest BCUT2D eigenvalue weighted by atomic mass is 16.6. The van der Waals surface area contributed by atoms with Gasteiger partial charge >= 0.3 is 0 Å². The van der Waals surface area contributed by atoms with Gasteiger partial charge in [0.25, 0.3) is 5.69 Å². The second-order valence-electron chi connectivity index (χ2n) is 4.90. The van der Waals surface area contributed by atoms with E-state index in [-0.39, 0.29) is 24.3 Å². The number of nitro benzene ring substituents is 1. The van der Waals surface area contributed by atoms with Crippen molar-refractivity contribution in [3.8, 4) is 0 Å². The second-order valence-corrected chi connectivity index (χ2v) is 4.90. The summed E-state index contributed by atoms with van der Waals surface area (Å²) in [5.41, 5.74) is 1.49. The second kappa shape index (κ2) is 5.88. The molecule has 0 aromatic heterocycles. The Balaban J connectivity index is 2.19. The molecular weight excluding hydrogens is 246 g/mol. The van der Waals surface area contributed by atoms with Crippen molar-refractivity contribution in [2.24, 2.45) is 5.92 Å². The number of non-ortho nitro benzene ring substituents is 1. The lowest BCUT2D eigenvalue weighted by Crippen LogP contribution is -2.26. The third kappa shape index (κ3) is 3.14. The smallest absolute Gasteiger partial charge is 0.273 e. The number of nitrogens with one attached hydrogen (secondary N) is 2. The summed E-state index contributed by atoms with van der Waals surface area (Å²) in [4.78, 5) is 10.5. The van der Waals surface area contributed by atoms with E-state index in [0.717, 1.165) is 24.9 Å². The van der Waals surface area contributed by atoms with Crippen molar-refractivity contribution in [1.82, 2.24) is 0 Å². The molecule has 19 heavy (non-hydrogen) atoms. The molecule has 1 aromatic rings. The molecule has 1 saturated carbocycles. The molecule has 1 aliphatic carbocycles. The van der Waals surface area contributed by atoms with Gasteiger partial charge in [0.05, 0.1) is 4.92 Å². The average Bonchev–Trinajstić information content (AvgIpc) is 2.85. The number of rotatable bonds is 5. The maximum atomic E-state index is 10.9. The van der Waals surface area contributed by atoms with Crippen LogP contribution < -0.4 is 10.6 Å². The number of hydrogen-bond acceptors (Lipinski definition) is 5. The Labute approximate surface area is 112 Å². The van der Waals surface area contributed by atoms with Gasteiger partial charge in [-0.15, -0.1) is 0 Å². The molecule has 2 atom stereocenters. The molecule has 2 unspecified atom stereocenters. The van der Waals surface area contributed by atoms with Crippen molar-refractivity contribution in [1.29, 1.82) is 0 Å². The van der Waals surface area contributed by atoms with E-state index in [0.29, 0.717) is 5.69 Å². The summed E-state index contributed by atoms with van der Waals surface area (Å²) in [6.45, 7) is 0.158. The van der Waals surface area contributed by atoms with Gasteiger partial charge < -0.3 is 15.7 Å². The fourth-order valence-electron chi connectivity index (χ4n) is 2.60. The van der Waals surface area contributed by atoms with Gasteiger partial charge in [-0.1, -0.05) is 6.42 Å². The molecule has 0 heterocycles. The van der Waals surface area contributed by atoms with Crippen LogP contribution in [0.1, 0.15) is 19.3 Å². The van der Waals surface area contributed by atoms with Crippen LogP contribution in [0.15, 0.2) is 18.2 Å². The predicted octanol–water partition coefficient (Wildman–Crippen LogP) is 2.21. The van der Waals surface area contributed by atoms with Crippen molar-refractivity contribution in [2.75, 3.05) is 24.3 Å². The largest absolute Gasteiger partial charge is 0.396 e. The Morgan fingerprint density at radius 2 is 2.11 bits per heavy atom. The van der Waals surface area contributed by atoms with E-state index in [1.54, 1.807) is 7.05 Å². The van der Waals surface area contributed by atoms with Crippen molar-refractivity contribution in [3.05, 3.63) is 28.3 Å². The maximum absolute atomic E-state index is 10.9. The topological polar surface area (TPSA) is 87.4 Å². The maximum Gasteiger partial charge on any atom is 0.273 e. The lowest BCUT2D eigenvalue weighted by molar-refractivity contribution is -0.384. The number of aliphatic hydroxyl groups is 1. The summed E-state index contributed by atoms with van der Waals surface area (Å²) < 4.78 is 0. The van der Waals surface area contributed by atoms with Crippen molar-refractivity contribution in [2.45, 2.75) is 25.3 Å². The Morgan fingerprint density at radius 1 is 1.37 bits per heavy atom. The fraction of sp³-hybridized carbons (Fsp3) is 0.538. The molecule has 0 aliphatic heterocycles. The number of hydrogen-bond donors (Lipinski definition) is 3. The molecule has 1 aromatic carbocycles. The Bertz CT molecular complexity index is 464. The first-order chi connectivity index (χ1) is 9.13. The van der Waals surface area contributed by atoms with Crippen LogP contribution in [0.3, 0.4) is 0 Å². The van der Waals surface area contributed by atoms with Crippen molar-refractivity contribution in [3.63, 3.8) is 0 Å². The third-order valence-electron chi connectivity index (χ3n) is 3.66. The van der Waals surface area contributed by atoms with Gasteiger partial charge in [0.15, 0.2) is 0 Å². The van der Waals surface area contributed by atoms with Gasteiger partial charge in [0, 0.05) is 49.1 Å². The Morgan fingerprint density at radius 3 is 2.74 bits per heavy atom. The molecule has 6 nitrogen and oxygen atoms in total. The van der Waals surface area contributed by atoms with Crippen LogP contribution in [0.25, 0.3) is 0 Å². The van der Waals surface area contributed by atoms with E-state index in [9.17, 15) is 15.2 Å². The quantitative estimate of drug-likeness (QED) is 0.561. The highest BCUT2D eigenvalue weighted by molar-refractivity contribution is 5.63. The van der Waals surface area contributed by atoms with Gasteiger partial charge in [-0.2, -0.15) is 0 Å². The summed E-state index contributed by atoms with van der Waals surface area (Å²) in [6, 6.07) is 5.08. The molecule has 0 bridgehead atoms. The highest BCUT2D eigenvalue weighted by Crippen LogP contribution is 2.30. The summed E-state index contributed by atoms with van der Waals surface area (Å²) in [5, 5.41) is 26.4. The molecule has 104 valence electrons. The lowest BCUT2D eigenvalue weighted by Gasteiger charge is -2.20. The van der Waals surface area contributed by atoms with E-state index >= 15 is 0 Å². The van der Waals surface area contributed by atoms with Gasteiger partial charge in [0.1, 0.15) is 0 Å². The number of aliphatic hydroxyl groups excluding tert-OH is 1.